The number of aromatic nitrogens is 2. The molecule has 1 aliphatic carbocycles. The van der Waals surface area contributed by atoms with Crippen molar-refractivity contribution in [2.24, 2.45) is 11.7 Å². The molecule has 0 saturated heterocycles. The number of nitrogens with zero attached hydrogens (tertiary/aromatic N) is 2. The molecule has 5 nitrogen and oxygen atoms in total. The monoisotopic (exact) mass is 315 g/mol. The van der Waals surface area contributed by atoms with Crippen molar-refractivity contribution in [3.05, 3.63) is 16.9 Å². The van der Waals surface area contributed by atoms with Crippen LogP contribution in [0.2, 0.25) is 5.02 Å². The second-order valence-electron chi connectivity index (χ2n) is 6.02. The zero-order valence-electron chi connectivity index (χ0n) is 13.1. The molecule has 2 N–H and O–H groups in total. The summed E-state index contributed by atoms with van der Waals surface area (Å²) in [5.74, 6) is 0.731. The molecule has 0 aliphatic heterocycles. The van der Waals surface area contributed by atoms with E-state index in [2.05, 4.69) is 12.0 Å². The van der Waals surface area contributed by atoms with Crippen LogP contribution in [0.25, 0.3) is 0 Å². The number of ether oxygens (including phenoxy) is 2. The Bertz CT molecular complexity index is 456. The molecule has 2 rings (SSSR count). The molecule has 1 fully saturated rings. The van der Waals surface area contributed by atoms with E-state index in [0.29, 0.717) is 18.2 Å². The van der Waals surface area contributed by atoms with Crippen LogP contribution in [0, 0.1) is 5.92 Å². The lowest BCUT2D eigenvalue weighted by atomic mass is 9.74. The first-order valence-corrected chi connectivity index (χ1v) is 7.92. The van der Waals surface area contributed by atoms with Crippen LogP contribution < -0.4 is 5.73 Å². The summed E-state index contributed by atoms with van der Waals surface area (Å²) in [7, 11) is 3.42. The quantitative estimate of drug-likeness (QED) is 0.877. The van der Waals surface area contributed by atoms with Gasteiger partial charge in [0.15, 0.2) is 0 Å². The molecule has 1 aromatic rings. The third-order valence-corrected chi connectivity index (χ3v) is 5.02. The van der Waals surface area contributed by atoms with E-state index in [4.69, 9.17) is 26.8 Å². The molecule has 0 aromatic carbocycles. The number of halogens is 1. The van der Waals surface area contributed by atoms with Crippen LogP contribution in [0.4, 0.5) is 0 Å². The Morgan fingerprint density at radius 2 is 2.14 bits per heavy atom. The summed E-state index contributed by atoms with van der Waals surface area (Å²) in [6, 6.07) is -0.276. The second kappa shape index (κ2) is 7.09. The van der Waals surface area contributed by atoms with Crippen LogP contribution in [-0.2, 0) is 16.0 Å². The summed E-state index contributed by atoms with van der Waals surface area (Å²) in [5.41, 5.74) is 7.07. The summed E-state index contributed by atoms with van der Waals surface area (Å²) in [5, 5.41) is 4.92. The maximum absolute atomic E-state index is 6.57. The molecule has 1 saturated carbocycles. The average Bonchev–Trinajstić information content (AvgIpc) is 2.86. The molecular formula is C15H26ClN3O2. The summed E-state index contributed by atoms with van der Waals surface area (Å²) >= 11 is 6.33. The number of nitrogens with two attached hydrogens (primary N) is 1. The molecule has 120 valence electrons. The van der Waals surface area contributed by atoms with Gasteiger partial charge in [-0.15, -0.1) is 0 Å². The minimum Gasteiger partial charge on any atom is -0.383 e. The van der Waals surface area contributed by atoms with Crippen molar-refractivity contribution in [1.82, 2.24) is 9.78 Å². The molecule has 0 radical (unpaired) electrons. The largest absolute Gasteiger partial charge is 0.383 e. The predicted octanol–water partition coefficient (Wildman–Crippen LogP) is 2.78. The molecular weight excluding hydrogens is 290 g/mol. The van der Waals surface area contributed by atoms with E-state index in [1.54, 1.807) is 20.4 Å². The topological polar surface area (TPSA) is 62.3 Å². The van der Waals surface area contributed by atoms with E-state index in [9.17, 15) is 0 Å². The third kappa shape index (κ3) is 3.42. The van der Waals surface area contributed by atoms with Gasteiger partial charge in [0.1, 0.15) is 0 Å². The first-order chi connectivity index (χ1) is 10.0. The Balaban J connectivity index is 2.25. The highest BCUT2D eigenvalue weighted by molar-refractivity contribution is 6.31. The standard InChI is InChI=1S/C15H26ClN3O2/c1-11-4-6-15(21-3,7-5-11)14(17)13-12(16)10-18-19(13)8-9-20-2/h10-11,14H,4-9,17H2,1-3H3. The Kier molecular flexibility index (Phi) is 5.66. The fourth-order valence-corrected chi connectivity index (χ4v) is 3.44. The van der Waals surface area contributed by atoms with Gasteiger partial charge in [0, 0.05) is 14.2 Å². The summed E-state index contributed by atoms with van der Waals surface area (Å²) in [4.78, 5) is 0. The molecule has 6 heteroatoms. The Labute approximate surface area is 131 Å². The van der Waals surface area contributed by atoms with Gasteiger partial charge in [0.05, 0.1) is 41.7 Å². The predicted molar refractivity (Wildman–Crippen MR) is 83.4 cm³/mol. The highest BCUT2D eigenvalue weighted by Crippen LogP contribution is 2.43. The van der Waals surface area contributed by atoms with Gasteiger partial charge in [-0.2, -0.15) is 5.10 Å². The smallest absolute Gasteiger partial charge is 0.0886 e. The lowest BCUT2D eigenvalue weighted by molar-refractivity contribution is -0.0689. The van der Waals surface area contributed by atoms with Gasteiger partial charge in [0.2, 0.25) is 0 Å². The molecule has 0 spiro atoms. The molecule has 21 heavy (non-hydrogen) atoms. The van der Waals surface area contributed by atoms with E-state index in [-0.39, 0.29) is 11.6 Å². The van der Waals surface area contributed by atoms with E-state index in [1.165, 1.54) is 0 Å². The number of hydrogen-bond acceptors (Lipinski definition) is 4. The van der Waals surface area contributed by atoms with Crippen molar-refractivity contribution in [1.29, 1.82) is 0 Å². The second-order valence-corrected chi connectivity index (χ2v) is 6.43. The van der Waals surface area contributed by atoms with Gasteiger partial charge in [-0.25, -0.2) is 0 Å². The molecule has 0 bridgehead atoms. The van der Waals surface area contributed by atoms with Crippen LogP contribution in [0.3, 0.4) is 0 Å². The first kappa shape index (κ1) is 16.7. The van der Waals surface area contributed by atoms with E-state index >= 15 is 0 Å². The summed E-state index contributed by atoms with van der Waals surface area (Å²) in [6.07, 6.45) is 5.83. The van der Waals surface area contributed by atoms with E-state index in [0.717, 1.165) is 37.3 Å². The van der Waals surface area contributed by atoms with Crippen molar-refractivity contribution in [2.45, 2.75) is 50.8 Å². The maximum Gasteiger partial charge on any atom is 0.0886 e. The Morgan fingerprint density at radius 1 is 1.48 bits per heavy atom. The molecule has 0 amide bonds. The first-order valence-electron chi connectivity index (χ1n) is 7.55. The lowest BCUT2D eigenvalue weighted by Gasteiger charge is -2.42. The highest BCUT2D eigenvalue weighted by atomic mass is 35.5. The van der Waals surface area contributed by atoms with Gasteiger partial charge in [0.25, 0.3) is 0 Å². The van der Waals surface area contributed by atoms with Crippen LogP contribution >= 0.6 is 11.6 Å². The summed E-state index contributed by atoms with van der Waals surface area (Å²) in [6.45, 7) is 3.50. The molecule has 1 heterocycles. The van der Waals surface area contributed by atoms with Crippen molar-refractivity contribution in [2.75, 3.05) is 20.8 Å². The fourth-order valence-electron chi connectivity index (χ4n) is 3.18. The van der Waals surface area contributed by atoms with Crippen LogP contribution in [0.15, 0.2) is 6.20 Å². The highest BCUT2D eigenvalue weighted by Gasteiger charge is 2.42. The van der Waals surface area contributed by atoms with Crippen LogP contribution in [0.5, 0.6) is 0 Å². The fraction of sp³-hybridized carbons (Fsp3) is 0.800. The average molecular weight is 316 g/mol. The lowest BCUT2D eigenvalue weighted by Crippen LogP contribution is -2.46. The zero-order chi connectivity index (χ0) is 15.5. The van der Waals surface area contributed by atoms with E-state index in [1.807, 2.05) is 4.68 Å². The SMILES string of the molecule is COCCn1ncc(Cl)c1C(N)C1(OC)CCC(C)CC1. The van der Waals surface area contributed by atoms with Gasteiger partial charge in [-0.05, 0) is 31.6 Å². The maximum atomic E-state index is 6.57. The minimum absolute atomic E-state index is 0.276. The molecule has 1 atom stereocenters. The van der Waals surface area contributed by atoms with Crippen molar-refractivity contribution < 1.29 is 9.47 Å². The van der Waals surface area contributed by atoms with Gasteiger partial charge >= 0.3 is 0 Å². The molecule has 1 aliphatic rings. The van der Waals surface area contributed by atoms with E-state index < -0.39 is 0 Å². The van der Waals surface area contributed by atoms with Crippen LogP contribution in [-0.4, -0.2) is 36.2 Å². The third-order valence-electron chi connectivity index (χ3n) is 4.73. The minimum atomic E-state index is -0.346. The van der Waals surface area contributed by atoms with Gasteiger partial charge in [-0.3, -0.25) is 4.68 Å². The number of rotatable bonds is 6. The van der Waals surface area contributed by atoms with Crippen molar-refractivity contribution >= 4 is 11.6 Å². The summed E-state index contributed by atoms with van der Waals surface area (Å²) < 4.78 is 12.8. The zero-order valence-corrected chi connectivity index (χ0v) is 13.9. The number of methoxy groups -OCH3 is 2. The van der Waals surface area contributed by atoms with Gasteiger partial charge in [-0.1, -0.05) is 18.5 Å². The molecule has 1 aromatic heterocycles. The Morgan fingerprint density at radius 3 is 2.71 bits per heavy atom. The Hall–Kier alpha value is -0.620. The molecule has 1 unspecified atom stereocenters. The van der Waals surface area contributed by atoms with Crippen molar-refractivity contribution in [3.63, 3.8) is 0 Å². The number of hydrogen-bond donors (Lipinski definition) is 1. The van der Waals surface area contributed by atoms with Crippen LogP contribution in [0.1, 0.15) is 44.3 Å². The van der Waals surface area contributed by atoms with Gasteiger partial charge < -0.3 is 15.2 Å². The van der Waals surface area contributed by atoms with Crippen molar-refractivity contribution in [3.8, 4) is 0 Å². The normalized spacial score (nSPS) is 27.8.